The summed E-state index contributed by atoms with van der Waals surface area (Å²) in [7, 11) is -4.13. The normalized spacial score (nSPS) is 12.1. The van der Waals surface area contributed by atoms with Gasteiger partial charge in [-0.05, 0) is 30.0 Å². The summed E-state index contributed by atoms with van der Waals surface area (Å²) >= 11 is 1.77. The van der Waals surface area contributed by atoms with Gasteiger partial charge >= 0.3 is 5.97 Å². The molecule has 1 aromatic carbocycles. The Labute approximate surface area is 194 Å². The number of nitrogens with zero attached hydrogens (tertiary/aromatic N) is 3. The molecule has 13 nitrogen and oxygen atoms in total. The average Bonchev–Trinajstić information content (AvgIpc) is 3.38. The Morgan fingerprint density at radius 2 is 1.94 bits per heavy atom. The fourth-order valence-electron chi connectivity index (χ4n) is 2.71. The number of anilines is 1. The zero-order valence-electron chi connectivity index (χ0n) is 16.6. The second-order valence-electron chi connectivity index (χ2n) is 6.49. The van der Waals surface area contributed by atoms with E-state index in [4.69, 9.17) is 11.5 Å². The van der Waals surface area contributed by atoms with Crippen LogP contribution in [0.5, 0.6) is 0 Å². The van der Waals surface area contributed by atoms with E-state index in [2.05, 4.69) is 23.8 Å². The van der Waals surface area contributed by atoms with Crippen LogP contribution in [0.25, 0.3) is 11.0 Å². The number of hydrogen-bond acceptors (Lipinski definition) is 9. The van der Waals surface area contributed by atoms with Gasteiger partial charge in [-0.15, -0.1) is 11.3 Å². The highest BCUT2D eigenvalue weighted by Crippen LogP contribution is 2.28. The lowest BCUT2D eigenvalue weighted by Gasteiger charge is -2.14. The van der Waals surface area contributed by atoms with Crippen molar-refractivity contribution in [2.75, 3.05) is 4.72 Å². The molecule has 0 bridgehead atoms. The van der Waals surface area contributed by atoms with Crippen LogP contribution in [0, 0.1) is 0 Å². The number of carbonyl (C=O) groups is 3. The first-order valence-electron chi connectivity index (χ1n) is 9.06. The average molecular weight is 512 g/mol. The quantitative estimate of drug-likeness (QED) is 0.195. The van der Waals surface area contributed by atoms with Crippen LogP contribution in [-0.2, 0) is 19.6 Å². The van der Waals surface area contributed by atoms with Crippen molar-refractivity contribution in [1.82, 2.24) is 14.1 Å². The molecule has 2 heterocycles. The Morgan fingerprint density at radius 3 is 2.64 bits per heavy atom. The number of aromatic nitrogens is 2. The minimum absolute atomic E-state index is 0.0431. The third-order valence-corrected chi connectivity index (χ3v) is 7.01. The number of amides is 2. The van der Waals surface area contributed by atoms with Crippen molar-refractivity contribution in [3.63, 3.8) is 0 Å². The fraction of sp³-hybridized carbons (Fsp3) is 0.176. The zero-order valence-corrected chi connectivity index (χ0v) is 19.0. The largest absolute Gasteiger partial charge is 0.480 e. The van der Waals surface area contributed by atoms with Crippen molar-refractivity contribution in [2.24, 2.45) is 16.5 Å². The number of benzene rings is 1. The molecule has 2 amide bonds. The van der Waals surface area contributed by atoms with E-state index in [0.717, 1.165) is 23.1 Å². The van der Waals surface area contributed by atoms with Gasteiger partial charge in [-0.2, -0.15) is 13.7 Å². The number of carboxylic acids is 1. The summed E-state index contributed by atoms with van der Waals surface area (Å²) in [6, 6.07) is 4.42. The number of thiophene rings is 1. The van der Waals surface area contributed by atoms with Gasteiger partial charge in [0.25, 0.3) is 15.9 Å². The van der Waals surface area contributed by atoms with Crippen LogP contribution in [0.15, 0.2) is 39.5 Å². The van der Waals surface area contributed by atoms with Gasteiger partial charge in [-0.25, -0.2) is 13.2 Å². The first kappa shape index (κ1) is 24.0. The summed E-state index contributed by atoms with van der Waals surface area (Å²) in [5.41, 5.74) is 10.7. The van der Waals surface area contributed by atoms with Crippen LogP contribution in [0.4, 0.5) is 5.69 Å². The van der Waals surface area contributed by atoms with Crippen molar-refractivity contribution in [3.05, 3.63) is 34.5 Å². The van der Waals surface area contributed by atoms with E-state index in [-0.39, 0.29) is 33.8 Å². The van der Waals surface area contributed by atoms with Crippen LogP contribution >= 0.6 is 23.1 Å². The van der Waals surface area contributed by atoms with Crippen molar-refractivity contribution < 1.29 is 27.9 Å². The van der Waals surface area contributed by atoms with E-state index in [1.54, 1.807) is 6.07 Å². The number of nitrogens with two attached hydrogens (primary N) is 2. The molecule has 0 aliphatic rings. The Hall–Kier alpha value is -3.63. The number of hydrogen-bond donors (Lipinski definition) is 5. The van der Waals surface area contributed by atoms with E-state index in [1.807, 2.05) is 0 Å². The Kier molecular flexibility index (Phi) is 7.19. The predicted molar refractivity (Wildman–Crippen MR) is 121 cm³/mol. The van der Waals surface area contributed by atoms with Gasteiger partial charge in [-0.3, -0.25) is 14.3 Å². The lowest BCUT2D eigenvalue weighted by atomic mass is 10.1. The third-order valence-electron chi connectivity index (χ3n) is 4.16. The number of rotatable bonds is 9. The SMILES string of the molecule is NC(N)=NC(=O)CC[C@H](NC(=O)c1sccc1NS(=O)(=O)c1cccc2nsnc12)C(=O)O. The van der Waals surface area contributed by atoms with Gasteiger partial charge in [0.15, 0.2) is 5.96 Å². The maximum absolute atomic E-state index is 12.9. The maximum atomic E-state index is 12.9. The molecule has 174 valence electrons. The van der Waals surface area contributed by atoms with Gasteiger partial charge in [0.1, 0.15) is 26.8 Å². The van der Waals surface area contributed by atoms with Gasteiger partial charge in [0, 0.05) is 6.42 Å². The van der Waals surface area contributed by atoms with Crippen LogP contribution < -0.4 is 21.5 Å². The molecule has 3 aromatic rings. The van der Waals surface area contributed by atoms with E-state index >= 15 is 0 Å². The van der Waals surface area contributed by atoms with Crippen molar-refractivity contribution >= 4 is 73.6 Å². The van der Waals surface area contributed by atoms with Crippen LogP contribution in [0.2, 0.25) is 0 Å². The van der Waals surface area contributed by atoms with Crippen LogP contribution in [0.3, 0.4) is 0 Å². The van der Waals surface area contributed by atoms with E-state index in [0.29, 0.717) is 5.52 Å². The number of carboxylic acid groups (broad SMARTS) is 1. The minimum atomic E-state index is -4.13. The molecule has 0 aliphatic carbocycles. The molecular formula is C17H17N7O6S3. The Morgan fingerprint density at radius 1 is 1.18 bits per heavy atom. The number of sulfonamides is 1. The van der Waals surface area contributed by atoms with E-state index < -0.39 is 39.8 Å². The van der Waals surface area contributed by atoms with Crippen molar-refractivity contribution in [2.45, 2.75) is 23.8 Å². The summed E-state index contributed by atoms with van der Waals surface area (Å²) in [6.45, 7) is 0. The second kappa shape index (κ2) is 9.88. The molecule has 1 atom stereocenters. The summed E-state index contributed by atoms with van der Waals surface area (Å²) in [5, 5.41) is 13.1. The molecule has 0 spiro atoms. The molecule has 0 radical (unpaired) electrons. The molecule has 2 aromatic heterocycles. The molecule has 0 fully saturated rings. The molecule has 0 aliphatic heterocycles. The Balaban J connectivity index is 1.76. The molecule has 3 rings (SSSR count). The van der Waals surface area contributed by atoms with E-state index in [1.165, 1.54) is 23.6 Å². The second-order valence-corrected chi connectivity index (χ2v) is 9.59. The standard InChI is InChI=1S/C17H17N7O6S3/c18-17(19)21-12(25)5-4-10(16(27)28)20-15(26)14-9(6-7-31-14)24-33(29,30)11-3-1-2-8-13(11)23-32-22-8/h1-3,6-7,10,24H,4-5H2,(H,20,26)(H,27,28)(H4,18,19,21,25)/t10-/m0/s1. The van der Waals surface area contributed by atoms with Crippen LogP contribution in [-0.4, -0.2) is 52.1 Å². The first-order chi connectivity index (χ1) is 15.6. The molecule has 33 heavy (non-hydrogen) atoms. The molecule has 0 saturated heterocycles. The molecular weight excluding hydrogens is 494 g/mol. The summed E-state index contributed by atoms with van der Waals surface area (Å²) in [6.07, 6.45) is -0.604. The highest BCUT2D eigenvalue weighted by molar-refractivity contribution is 7.93. The predicted octanol–water partition coefficient (Wildman–Crippen LogP) is 0.317. The molecule has 0 unspecified atom stereocenters. The minimum Gasteiger partial charge on any atom is -0.480 e. The number of carbonyl (C=O) groups excluding carboxylic acids is 2. The van der Waals surface area contributed by atoms with E-state index in [9.17, 15) is 27.9 Å². The zero-order chi connectivity index (χ0) is 24.2. The third kappa shape index (κ3) is 5.79. The van der Waals surface area contributed by atoms with Gasteiger partial charge in [0.05, 0.1) is 17.4 Å². The monoisotopic (exact) mass is 511 g/mol. The summed E-state index contributed by atoms with van der Waals surface area (Å²) < 4.78 is 36.2. The smallest absolute Gasteiger partial charge is 0.326 e. The topological polar surface area (TPSA) is 220 Å². The number of guanidine groups is 1. The van der Waals surface area contributed by atoms with Crippen LogP contribution in [0.1, 0.15) is 22.5 Å². The maximum Gasteiger partial charge on any atom is 0.326 e. The lowest BCUT2D eigenvalue weighted by Crippen LogP contribution is -2.41. The van der Waals surface area contributed by atoms with Crippen molar-refractivity contribution in [1.29, 1.82) is 0 Å². The number of aliphatic imine (C=N–C) groups is 1. The summed E-state index contributed by atoms with van der Waals surface area (Å²) in [4.78, 5) is 38.9. The van der Waals surface area contributed by atoms with Gasteiger partial charge in [0.2, 0.25) is 5.91 Å². The molecule has 7 N–H and O–H groups in total. The Bertz CT molecular complexity index is 1340. The fourth-order valence-corrected chi connectivity index (χ4v) is 5.37. The van der Waals surface area contributed by atoms with Gasteiger partial charge in [-0.1, -0.05) is 6.07 Å². The highest BCUT2D eigenvalue weighted by Gasteiger charge is 2.26. The number of aliphatic carboxylic acids is 1. The highest BCUT2D eigenvalue weighted by atomic mass is 32.2. The van der Waals surface area contributed by atoms with Gasteiger partial charge < -0.3 is 21.9 Å². The number of fused-ring (bicyclic) bond motifs is 1. The lowest BCUT2D eigenvalue weighted by molar-refractivity contribution is -0.139. The summed E-state index contributed by atoms with van der Waals surface area (Å²) in [5.74, 6) is -3.43. The molecule has 16 heteroatoms. The van der Waals surface area contributed by atoms with Crippen molar-refractivity contribution in [3.8, 4) is 0 Å². The first-order valence-corrected chi connectivity index (χ1v) is 12.2. The molecule has 0 saturated carbocycles. The number of nitrogens with one attached hydrogen (secondary N) is 2.